The lowest BCUT2D eigenvalue weighted by Gasteiger charge is -2.13. The first-order valence-electron chi connectivity index (χ1n) is 7.74. The number of hydrogen-bond donors (Lipinski definition) is 1. The zero-order valence-electron chi connectivity index (χ0n) is 14.3. The molecule has 25 heavy (non-hydrogen) atoms. The van der Waals surface area contributed by atoms with E-state index < -0.39 is 0 Å². The summed E-state index contributed by atoms with van der Waals surface area (Å²) in [6.45, 7) is 4.00. The third kappa shape index (κ3) is 3.80. The standard InChI is InChI=1S/C19H19N3O3/c1-12-8-13(2)10-14(9-12)24-18-17(20)19(22-11-21-18)25-16-7-5-4-6-15(16)23-3/h4-11H,20H2,1-3H3. The van der Waals surface area contributed by atoms with Crippen LogP contribution in [-0.4, -0.2) is 17.1 Å². The average Bonchev–Trinajstić information content (AvgIpc) is 2.58. The Hall–Kier alpha value is -3.28. The summed E-state index contributed by atoms with van der Waals surface area (Å²) in [6.07, 6.45) is 1.35. The van der Waals surface area contributed by atoms with Gasteiger partial charge < -0.3 is 19.9 Å². The largest absolute Gasteiger partial charge is 0.493 e. The van der Waals surface area contributed by atoms with Crippen molar-refractivity contribution in [1.29, 1.82) is 0 Å². The number of nitrogen functional groups attached to an aromatic ring is 1. The van der Waals surface area contributed by atoms with Crippen LogP contribution in [0.5, 0.6) is 29.0 Å². The summed E-state index contributed by atoms with van der Waals surface area (Å²) in [6, 6.07) is 13.1. The van der Waals surface area contributed by atoms with Gasteiger partial charge in [0.15, 0.2) is 17.2 Å². The van der Waals surface area contributed by atoms with Crippen molar-refractivity contribution >= 4 is 5.69 Å². The number of anilines is 1. The molecule has 0 spiro atoms. The molecule has 1 aromatic heterocycles. The van der Waals surface area contributed by atoms with Crippen molar-refractivity contribution < 1.29 is 14.2 Å². The first kappa shape index (κ1) is 16.6. The van der Waals surface area contributed by atoms with Crippen LogP contribution in [-0.2, 0) is 0 Å². The Morgan fingerprint density at radius 1 is 0.840 bits per heavy atom. The van der Waals surface area contributed by atoms with Crippen molar-refractivity contribution in [2.45, 2.75) is 13.8 Å². The van der Waals surface area contributed by atoms with Crippen molar-refractivity contribution in [2.75, 3.05) is 12.8 Å². The van der Waals surface area contributed by atoms with Gasteiger partial charge in [-0.25, -0.2) is 0 Å². The summed E-state index contributed by atoms with van der Waals surface area (Å²) < 4.78 is 16.9. The summed E-state index contributed by atoms with van der Waals surface area (Å²) in [5.74, 6) is 2.19. The molecular weight excluding hydrogens is 318 g/mol. The second-order valence-electron chi connectivity index (χ2n) is 5.58. The number of methoxy groups -OCH3 is 1. The molecule has 0 saturated carbocycles. The predicted octanol–water partition coefficient (Wildman–Crippen LogP) is 4.27. The summed E-state index contributed by atoms with van der Waals surface area (Å²) in [7, 11) is 1.57. The summed E-state index contributed by atoms with van der Waals surface area (Å²) >= 11 is 0. The highest BCUT2D eigenvalue weighted by molar-refractivity contribution is 5.58. The van der Waals surface area contributed by atoms with Crippen LogP contribution in [0.4, 0.5) is 5.69 Å². The number of rotatable bonds is 5. The fraction of sp³-hybridized carbons (Fsp3) is 0.158. The molecule has 2 N–H and O–H groups in total. The smallest absolute Gasteiger partial charge is 0.250 e. The van der Waals surface area contributed by atoms with Crippen LogP contribution in [0.15, 0.2) is 48.8 Å². The summed E-state index contributed by atoms with van der Waals surface area (Å²) in [4.78, 5) is 8.20. The second kappa shape index (κ2) is 7.09. The van der Waals surface area contributed by atoms with Gasteiger partial charge in [0, 0.05) is 0 Å². The lowest BCUT2D eigenvalue weighted by molar-refractivity contribution is 0.373. The third-order valence-corrected chi connectivity index (χ3v) is 3.50. The van der Waals surface area contributed by atoms with Crippen LogP contribution in [0.3, 0.4) is 0 Å². The lowest BCUT2D eigenvalue weighted by Crippen LogP contribution is -2.01. The normalized spacial score (nSPS) is 10.4. The molecule has 0 aliphatic carbocycles. The Morgan fingerprint density at radius 2 is 1.44 bits per heavy atom. The highest BCUT2D eigenvalue weighted by Gasteiger charge is 2.14. The Labute approximate surface area is 146 Å². The van der Waals surface area contributed by atoms with Crippen LogP contribution in [0, 0.1) is 13.8 Å². The Balaban J connectivity index is 1.89. The first-order chi connectivity index (χ1) is 12.1. The van der Waals surface area contributed by atoms with Crippen molar-refractivity contribution in [2.24, 2.45) is 0 Å². The monoisotopic (exact) mass is 337 g/mol. The maximum atomic E-state index is 6.13. The van der Waals surface area contributed by atoms with Gasteiger partial charge in [0.05, 0.1) is 7.11 Å². The Kier molecular flexibility index (Phi) is 4.70. The Morgan fingerprint density at radius 3 is 2.08 bits per heavy atom. The average molecular weight is 337 g/mol. The molecule has 128 valence electrons. The van der Waals surface area contributed by atoms with Crippen LogP contribution in [0.2, 0.25) is 0 Å². The lowest BCUT2D eigenvalue weighted by atomic mass is 10.1. The van der Waals surface area contributed by atoms with Crippen molar-refractivity contribution in [3.63, 3.8) is 0 Å². The molecule has 6 heteroatoms. The molecule has 0 fully saturated rings. The van der Waals surface area contributed by atoms with E-state index in [4.69, 9.17) is 19.9 Å². The van der Waals surface area contributed by atoms with Gasteiger partial charge in [0.25, 0.3) is 0 Å². The molecule has 3 aromatic rings. The van der Waals surface area contributed by atoms with Gasteiger partial charge in [0.1, 0.15) is 12.1 Å². The van der Waals surface area contributed by atoms with E-state index in [1.165, 1.54) is 6.33 Å². The van der Waals surface area contributed by atoms with Gasteiger partial charge in [-0.3, -0.25) is 0 Å². The maximum Gasteiger partial charge on any atom is 0.250 e. The number of aromatic nitrogens is 2. The molecular formula is C19H19N3O3. The zero-order valence-corrected chi connectivity index (χ0v) is 14.3. The number of nitrogens with two attached hydrogens (primary N) is 1. The quantitative estimate of drug-likeness (QED) is 0.749. The number of ether oxygens (including phenoxy) is 3. The topological polar surface area (TPSA) is 79.5 Å². The number of benzene rings is 2. The highest BCUT2D eigenvalue weighted by Crippen LogP contribution is 2.36. The van der Waals surface area contributed by atoms with E-state index >= 15 is 0 Å². The summed E-state index contributed by atoms with van der Waals surface area (Å²) in [5, 5.41) is 0. The predicted molar refractivity (Wildman–Crippen MR) is 95.5 cm³/mol. The van der Waals surface area contributed by atoms with Crippen molar-refractivity contribution in [1.82, 2.24) is 9.97 Å². The van der Waals surface area contributed by atoms with Crippen LogP contribution in [0.25, 0.3) is 0 Å². The SMILES string of the molecule is COc1ccccc1Oc1ncnc(Oc2cc(C)cc(C)c2)c1N. The van der Waals surface area contributed by atoms with E-state index in [-0.39, 0.29) is 17.4 Å². The molecule has 0 amide bonds. The fourth-order valence-electron chi connectivity index (χ4n) is 2.44. The molecule has 0 radical (unpaired) electrons. The van der Waals surface area contributed by atoms with Crippen molar-refractivity contribution in [3.05, 3.63) is 59.9 Å². The van der Waals surface area contributed by atoms with Crippen LogP contribution >= 0.6 is 0 Å². The minimum atomic E-state index is 0.207. The number of para-hydroxylation sites is 2. The second-order valence-corrected chi connectivity index (χ2v) is 5.58. The fourth-order valence-corrected chi connectivity index (χ4v) is 2.44. The van der Waals surface area contributed by atoms with E-state index in [0.29, 0.717) is 17.2 Å². The number of hydrogen-bond acceptors (Lipinski definition) is 6. The zero-order chi connectivity index (χ0) is 17.8. The van der Waals surface area contributed by atoms with Gasteiger partial charge >= 0.3 is 0 Å². The molecule has 0 unspecified atom stereocenters. The van der Waals surface area contributed by atoms with Crippen LogP contribution in [0.1, 0.15) is 11.1 Å². The molecule has 1 heterocycles. The van der Waals surface area contributed by atoms with E-state index in [0.717, 1.165) is 11.1 Å². The minimum Gasteiger partial charge on any atom is -0.493 e. The summed E-state index contributed by atoms with van der Waals surface area (Å²) in [5.41, 5.74) is 8.53. The van der Waals surface area contributed by atoms with E-state index in [2.05, 4.69) is 16.0 Å². The maximum absolute atomic E-state index is 6.13. The molecule has 0 aliphatic heterocycles. The Bertz CT molecular complexity index is 877. The first-order valence-corrected chi connectivity index (χ1v) is 7.74. The minimum absolute atomic E-state index is 0.207. The van der Waals surface area contributed by atoms with Gasteiger partial charge in [0.2, 0.25) is 11.8 Å². The number of aryl methyl sites for hydroxylation is 2. The highest BCUT2D eigenvalue weighted by atomic mass is 16.5. The van der Waals surface area contributed by atoms with Gasteiger partial charge in [-0.1, -0.05) is 18.2 Å². The molecule has 6 nitrogen and oxygen atoms in total. The molecule has 2 aromatic carbocycles. The van der Waals surface area contributed by atoms with E-state index in [1.54, 1.807) is 19.2 Å². The molecule has 0 saturated heterocycles. The van der Waals surface area contributed by atoms with E-state index in [1.807, 2.05) is 38.1 Å². The van der Waals surface area contributed by atoms with E-state index in [9.17, 15) is 0 Å². The third-order valence-electron chi connectivity index (χ3n) is 3.50. The molecule has 0 atom stereocenters. The molecule has 0 bridgehead atoms. The molecule has 0 aliphatic rings. The van der Waals surface area contributed by atoms with Gasteiger partial charge in [-0.05, 0) is 49.2 Å². The number of nitrogens with zero attached hydrogens (tertiary/aromatic N) is 2. The molecule has 3 rings (SSSR count). The van der Waals surface area contributed by atoms with Gasteiger partial charge in [-0.15, -0.1) is 0 Å². The van der Waals surface area contributed by atoms with Gasteiger partial charge in [-0.2, -0.15) is 9.97 Å². The van der Waals surface area contributed by atoms with Crippen molar-refractivity contribution in [3.8, 4) is 29.0 Å². The van der Waals surface area contributed by atoms with Crippen LogP contribution < -0.4 is 19.9 Å².